The van der Waals surface area contributed by atoms with Crippen molar-refractivity contribution in [1.29, 1.82) is 0 Å². The third kappa shape index (κ3) is 4.39. The first kappa shape index (κ1) is 18.5. The van der Waals surface area contributed by atoms with Gasteiger partial charge in [-0.1, -0.05) is 42.5 Å². The van der Waals surface area contributed by atoms with Crippen molar-refractivity contribution in [3.8, 4) is 16.9 Å². The largest absolute Gasteiger partial charge is 0.508 e. The van der Waals surface area contributed by atoms with Crippen molar-refractivity contribution in [1.82, 2.24) is 0 Å². The van der Waals surface area contributed by atoms with Gasteiger partial charge in [-0.25, -0.2) is 0 Å². The predicted octanol–water partition coefficient (Wildman–Crippen LogP) is 5.97. The number of phenols is 1. The number of allylic oxidation sites excluding steroid dienone is 4. The van der Waals surface area contributed by atoms with E-state index < -0.39 is 0 Å². The van der Waals surface area contributed by atoms with Gasteiger partial charge in [0.25, 0.3) is 0 Å². The minimum atomic E-state index is 0.313. The van der Waals surface area contributed by atoms with Gasteiger partial charge in [0, 0.05) is 0 Å². The smallest absolute Gasteiger partial charge is 0.119 e. The maximum absolute atomic E-state index is 10.3. The van der Waals surface area contributed by atoms with E-state index in [2.05, 4.69) is 50.6 Å². The minimum absolute atomic E-state index is 0.313. The fourth-order valence-corrected chi connectivity index (χ4v) is 3.07. The highest BCUT2D eigenvalue weighted by Crippen LogP contribution is 2.34. The summed E-state index contributed by atoms with van der Waals surface area (Å²) in [4.78, 5) is 0. The maximum Gasteiger partial charge on any atom is 0.119 e. The lowest BCUT2D eigenvalue weighted by Gasteiger charge is -2.16. The molecule has 0 amide bonds. The average Bonchev–Trinajstić information content (AvgIpc) is 2.59. The molecule has 0 saturated heterocycles. The highest BCUT2D eigenvalue weighted by atomic mass is 16.3. The maximum atomic E-state index is 10.3. The zero-order chi connectivity index (χ0) is 18.2. The fourth-order valence-electron chi connectivity index (χ4n) is 3.07. The summed E-state index contributed by atoms with van der Waals surface area (Å²) in [5.41, 5.74) is 6.72. The van der Waals surface area contributed by atoms with Crippen LogP contribution in [0.25, 0.3) is 11.1 Å². The molecule has 2 aromatic carbocycles. The molecule has 1 nitrogen and oxygen atoms in total. The third-order valence-corrected chi connectivity index (χ3v) is 4.24. The SMILES string of the molecule is C=CCc1ccc(CC=C)c(-c2cc(CC=C)c(O)cc2CC=C)c1. The molecule has 0 aliphatic rings. The predicted molar refractivity (Wildman–Crippen MR) is 109 cm³/mol. The van der Waals surface area contributed by atoms with Gasteiger partial charge in [-0.15, -0.1) is 26.3 Å². The van der Waals surface area contributed by atoms with E-state index in [1.807, 2.05) is 30.4 Å². The number of hydrogen-bond donors (Lipinski definition) is 1. The summed E-state index contributed by atoms with van der Waals surface area (Å²) >= 11 is 0. The summed E-state index contributed by atoms with van der Waals surface area (Å²) in [6.07, 6.45) is 10.5. The van der Waals surface area contributed by atoms with Crippen LogP contribution in [0.1, 0.15) is 22.3 Å². The van der Waals surface area contributed by atoms with Crippen LogP contribution in [0.5, 0.6) is 5.75 Å². The van der Waals surface area contributed by atoms with Crippen LogP contribution in [0.3, 0.4) is 0 Å². The molecule has 0 bridgehead atoms. The van der Waals surface area contributed by atoms with Crippen LogP contribution in [-0.2, 0) is 25.7 Å². The number of phenolic OH excluding ortho intramolecular Hbond substituents is 1. The van der Waals surface area contributed by atoms with E-state index in [4.69, 9.17) is 0 Å². The molecule has 0 saturated carbocycles. The van der Waals surface area contributed by atoms with E-state index >= 15 is 0 Å². The average molecular weight is 330 g/mol. The van der Waals surface area contributed by atoms with Crippen LogP contribution in [0, 0.1) is 0 Å². The molecule has 25 heavy (non-hydrogen) atoms. The molecule has 0 unspecified atom stereocenters. The van der Waals surface area contributed by atoms with E-state index in [0.29, 0.717) is 18.6 Å². The lowest BCUT2D eigenvalue weighted by Crippen LogP contribution is -1.97. The normalized spacial score (nSPS) is 10.2. The molecule has 0 radical (unpaired) electrons. The minimum Gasteiger partial charge on any atom is -0.508 e. The second-order valence-electron chi connectivity index (χ2n) is 6.10. The second-order valence-corrected chi connectivity index (χ2v) is 6.10. The Hall–Kier alpha value is -2.80. The molecule has 0 heterocycles. The first-order valence-electron chi connectivity index (χ1n) is 8.55. The third-order valence-electron chi connectivity index (χ3n) is 4.24. The van der Waals surface area contributed by atoms with Gasteiger partial charge < -0.3 is 5.11 Å². The molecule has 0 fully saturated rings. The van der Waals surface area contributed by atoms with Crippen molar-refractivity contribution in [3.63, 3.8) is 0 Å². The summed E-state index contributed by atoms with van der Waals surface area (Å²) in [6, 6.07) is 10.5. The van der Waals surface area contributed by atoms with Crippen molar-refractivity contribution in [2.45, 2.75) is 25.7 Å². The van der Waals surface area contributed by atoms with Gasteiger partial charge in [0.2, 0.25) is 0 Å². The number of rotatable bonds is 9. The van der Waals surface area contributed by atoms with Crippen LogP contribution in [0.4, 0.5) is 0 Å². The van der Waals surface area contributed by atoms with Crippen LogP contribution >= 0.6 is 0 Å². The fraction of sp³-hybridized carbons (Fsp3) is 0.167. The van der Waals surface area contributed by atoms with Crippen molar-refractivity contribution in [2.75, 3.05) is 0 Å². The van der Waals surface area contributed by atoms with Crippen molar-refractivity contribution < 1.29 is 5.11 Å². The van der Waals surface area contributed by atoms with E-state index in [-0.39, 0.29) is 0 Å². The molecule has 0 aromatic heterocycles. The lowest BCUT2D eigenvalue weighted by molar-refractivity contribution is 0.469. The van der Waals surface area contributed by atoms with Gasteiger partial charge in [-0.05, 0) is 71.2 Å². The Balaban J connectivity index is 2.71. The number of benzene rings is 2. The first-order valence-corrected chi connectivity index (χ1v) is 8.55. The van der Waals surface area contributed by atoms with Crippen LogP contribution in [-0.4, -0.2) is 5.11 Å². The van der Waals surface area contributed by atoms with E-state index in [9.17, 15) is 5.11 Å². The van der Waals surface area contributed by atoms with Crippen LogP contribution in [0.15, 0.2) is 81.0 Å². The second kappa shape index (κ2) is 8.89. The molecule has 0 spiro atoms. The molecule has 0 aliphatic carbocycles. The Morgan fingerprint density at radius 1 is 0.640 bits per heavy atom. The first-order chi connectivity index (χ1) is 12.1. The van der Waals surface area contributed by atoms with Crippen molar-refractivity contribution in [3.05, 3.63) is 103 Å². The molecule has 1 heteroatoms. The van der Waals surface area contributed by atoms with Crippen LogP contribution in [0.2, 0.25) is 0 Å². The summed E-state index contributed by atoms with van der Waals surface area (Å²) < 4.78 is 0. The van der Waals surface area contributed by atoms with E-state index in [1.165, 1.54) is 16.7 Å². The summed E-state index contributed by atoms with van der Waals surface area (Å²) in [5.74, 6) is 0.313. The Morgan fingerprint density at radius 2 is 1.20 bits per heavy atom. The van der Waals surface area contributed by atoms with Gasteiger partial charge in [-0.2, -0.15) is 0 Å². The summed E-state index contributed by atoms with van der Waals surface area (Å²) in [6.45, 7) is 15.4. The monoisotopic (exact) mass is 330 g/mol. The molecule has 1 N–H and O–H groups in total. The quantitative estimate of drug-likeness (QED) is 0.561. The van der Waals surface area contributed by atoms with Gasteiger partial charge in [0.05, 0.1) is 0 Å². The van der Waals surface area contributed by atoms with Gasteiger partial charge in [-0.3, -0.25) is 0 Å². The van der Waals surface area contributed by atoms with Crippen LogP contribution < -0.4 is 0 Å². The molecule has 2 rings (SSSR count). The molecule has 0 aliphatic heterocycles. The highest BCUT2D eigenvalue weighted by molar-refractivity contribution is 5.74. The lowest BCUT2D eigenvalue weighted by atomic mass is 9.88. The Morgan fingerprint density at radius 3 is 1.84 bits per heavy atom. The van der Waals surface area contributed by atoms with E-state index in [0.717, 1.165) is 29.5 Å². The standard InChI is InChI=1S/C24H26O/c1-5-9-18-13-14-19(10-6-2)22(15-18)23-16-21(12-8-4)24(25)17-20(23)11-7-3/h5-8,13-17,25H,1-4,9-12H2. The highest BCUT2D eigenvalue weighted by Gasteiger charge is 2.13. The number of aromatic hydroxyl groups is 1. The molecular formula is C24H26O. The van der Waals surface area contributed by atoms with Gasteiger partial charge >= 0.3 is 0 Å². The van der Waals surface area contributed by atoms with E-state index in [1.54, 1.807) is 0 Å². The van der Waals surface area contributed by atoms with Crippen molar-refractivity contribution in [2.24, 2.45) is 0 Å². The Bertz CT molecular complexity index is 796. The zero-order valence-electron chi connectivity index (χ0n) is 14.8. The molecule has 128 valence electrons. The number of hydrogen-bond acceptors (Lipinski definition) is 1. The summed E-state index contributed by atoms with van der Waals surface area (Å²) in [7, 11) is 0. The Kier molecular flexibility index (Phi) is 6.59. The van der Waals surface area contributed by atoms with Gasteiger partial charge in [0.15, 0.2) is 0 Å². The molecular weight excluding hydrogens is 304 g/mol. The Labute approximate surface area is 151 Å². The van der Waals surface area contributed by atoms with Crippen molar-refractivity contribution >= 4 is 0 Å². The zero-order valence-corrected chi connectivity index (χ0v) is 14.8. The topological polar surface area (TPSA) is 20.2 Å². The summed E-state index contributed by atoms with van der Waals surface area (Å²) in [5, 5.41) is 10.3. The van der Waals surface area contributed by atoms with Gasteiger partial charge in [0.1, 0.15) is 5.75 Å². The molecule has 2 aromatic rings. The molecule has 0 atom stereocenters.